The fourth-order valence-corrected chi connectivity index (χ4v) is 3.65. The lowest BCUT2D eigenvalue weighted by Gasteiger charge is -2.36. The maximum atomic E-state index is 13.8. The summed E-state index contributed by atoms with van der Waals surface area (Å²) in [5.74, 6) is -0.649. The highest BCUT2D eigenvalue weighted by atomic mass is 19.1. The van der Waals surface area contributed by atoms with Crippen molar-refractivity contribution in [1.82, 2.24) is 4.90 Å². The molecule has 2 aliphatic rings. The molecule has 26 heavy (non-hydrogen) atoms. The molecule has 0 aromatic heterocycles. The van der Waals surface area contributed by atoms with Gasteiger partial charge in [0.2, 0.25) is 5.91 Å². The predicted octanol–water partition coefficient (Wildman–Crippen LogP) is 2.01. The van der Waals surface area contributed by atoms with Crippen LogP contribution in [0.4, 0.5) is 10.1 Å². The van der Waals surface area contributed by atoms with Crippen LogP contribution < -0.4 is 4.90 Å². The second kappa shape index (κ2) is 6.88. The van der Waals surface area contributed by atoms with Gasteiger partial charge in [-0.15, -0.1) is 0 Å². The van der Waals surface area contributed by atoms with Crippen LogP contribution >= 0.6 is 0 Å². The van der Waals surface area contributed by atoms with Crippen molar-refractivity contribution in [2.45, 2.75) is 18.6 Å². The highest BCUT2D eigenvalue weighted by Crippen LogP contribution is 2.29. The molecular formula is C20H19FN2O3. The number of carbonyl (C=O) groups excluding carboxylic acids is 2. The van der Waals surface area contributed by atoms with Gasteiger partial charge in [-0.05, 0) is 23.8 Å². The number of nitrogens with zero attached hydrogens (tertiary/aromatic N) is 2. The normalized spacial score (nSPS) is 22.4. The van der Waals surface area contributed by atoms with E-state index in [0.717, 1.165) is 5.69 Å². The van der Waals surface area contributed by atoms with E-state index in [-0.39, 0.29) is 42.8 Å². The minimum atomic E-state index is -0.380. The summed E-state index contributed by atoms with van der Waals surface area (Å²) in [6.45, 7) is 0.804. The average Bonchev–Trinajstić information content (AvgIpc) is 3.08. The van der Waals surface area contributed by atoms with Crippen molar-refractivity contribution < 1.29 is 18.7 Å². The summed E-state index contributed by atoms with van der Waals surface area (Å²) in [7, 11) is 0. The van der Waals surface area contributed by atoms with Crippen LogP contribution in [0.15, 0.2) is 54.6 Å². The minimum Gasteiger partial charge on any atom is -0.364 e. The van der Waals surface area contributed by atoms with Crippen molar-refractivity contribution in [3.63, 3.8) is 0 Å². The zero-order valence-electron chi connectivity index (χ0n) is 14.2. The Morgan fingerprint density at radius 3 is 2.58 bits per heavy atom. The third-order valence-electron chi connectivity index (χ3n) is 4.94. The van der Waals surface area contributed by atoms with E-state index < -0.39 is 0 Å². The van der Waals surface area contributed by atoms with Gasteiger partial charge in [0.05, 0.1) is 18.6 Å². The van der Waals surface area contributed by atoms with Gasteiger partial charge in [0, 0.05) is 18.8 Å². The molecule has 2 fully saturated rings. The fourth-order valence-electron chi connectivity index (χ4n) is 3.65. The van der Waals surface area contributed by atoms with Crippen LogP contribution in [0.5, 0.6) is 0 Å². The molecule has 2 heterocycles. The first-order valence-electron chi connectivity index (χ1n) is 8.63. The minimum absolute atomic E-state index is 0.00535. The van der Waals surface area contributed by atoms with E-state index >= 15 is 0 Å². The lowest BCUT2D eigenvalue weighted by molar-refractivity contribution is -0.130. The van der Waals surface area contributed by atoms with Gasteiger partial charge in [0.1, 0.15) is 12.4 Å². The molecule has 2 amide bonds. The second-order valence-corrected chi connectivity index (χ2v) is 6.58. The molecular weight excluding hydrogens is 335 g/mol. The number of rotatable bonds is 3. The van der Waals surface area contributed by atoms with Crippen LogP contribution in [0.1, 0.15) is 5.56 Å². The number of benzene rings is 2. The summed E-state index contributed by atoms with van der Waals surface area (Å²) in [6, 6.07) is 15.5. The summed E-state index contributed by atoms with van der Waals surface area (Å²) in [6.07, 6.45) is -0.219. The quantitative estimate of drug-likeness (QED) is 0.847. The summed E-state index contributed by atoms with van der Waals surface area (Å²) in [5.41, 5.74) is 1.18. The van der Waals surface area contributed by atoms with Crippen LogP contribution in [0, 0.1) is 5.82 Å². The van der Waals surface area contributed by atoms with E-state index in [1.165, 1.54) is 6.07 Å². The van der Waals surface area contributed by atoms with Gasteiger partial charge < -0.3 is 14.5 Å². The summed E-state index contributed by atoms with van der Waals surface area (Å²) >= 11 is 0. The van der Waals surface area contributed by atoms with Crippen molar-refractivity contribution in [3.8, 4) is 0 Å². The van der Waals surface area contributed by atoms with Gasteiger partial charge in [0.15, 0.2) is 0 Å². The number of anilines is 1. The monoisotopic (exact) mass is 354 g/mol. The lowest BCUT2D eigenvalue weighted by Crippen LogP contribution is -2.54. The highest BCUT2D eigenvalue weighted by Gasteiger charge is 2.45. The number of hydrogen-bond donors (Lipinski definition) is 0. The SMILES string of the molecule is O=C(Cc1ccccc1F)N1C[C@@H]2OCC(=O)N(c3ccccc3)[C@H]2C1. The first-order valence-corrected chi connectivity index (χ1v) is 8.63. The summed E-state index contributed by atoms with van der Waals surface area (Å²) < 4.78 is 19.5. The molecule has 2 saturated heterocycles. The Morgan fingerprint density at radius 2 is 1.81 bits per heavy atom. The zero-order valence-corrected chi connectivity index (χ0v) is 14.2. The Bertz CT molecular complexity index is 827. The molecule has 0 saturated carbocycles. The zero-order chi connectivity index (χ0) is 18.1. The van der Waals surface area contributed by atoms with E-state index in [2.05, 4.69) is 0 Å². The third-order valence-corrected chi connectivity index (χ3v) is 4.94. The van der Waals surface area contributed by atoms with Crippen molar-refractivity contribution in [2.75, 3.05) is 24.6 Å². The van der Waals surface area contributed by atoms with Gasteiger partial charge in [-0.2, -0.15) is 0 Å². The summed E-state index contributed by atoms with van der Waals surface area (Å²) in [4.78, 5) is 28.4. The van der Waals surface area contributed by atoms with E-state index in [9.17, 15) is 14.0 Å². The molecule has 5 nitrogen and oxygen atoms in total. The predicted molar refractivity (Wildman–Crippen MR) is 94.1 cm³/mol. The van der Waals surface area contributed by atoms with Crippen molar-refractivity contribution in [2.24, 2.45) is 0 Å². The molecule has 0 radical (unpaired) electrons. The maximum absolute atomic E-state index is 13.8. The van der Waals surface area contributed by atoms with Gasteiger partial charge in [-0.25, -0.2) is 4.39 Å². The lowest BCUT2D eigenvalue weighted by atomic mass is 10.1. The van der Waals surface area contributed by atoms with Gasteiger partial charge in [0.25, 0.3) is 5.91 Å². The van der Waals surface area contributed by atoms with Crippen molar-refractivity contribution in [1.29, 1.82) is 0 Å². The number of halogens is 1. The molecule has 6 heteroatoms. The molecule has 2 aliphatic heterocycles. The number of ether oxygens (including phenoxy) is 1. The molecule has 0 N–H and O–H groups in total. The number of morpholine rings is 1. The molecule has 2 aromatic rings. The smallest absolute Gasteiger partial charge is 0.253 e. The van der Waals surface area contributed by atoms with Gasteiger partial charge >= 0.3 is 0 Å². The molecule has 0 spiro atoms. The van der Waals surface area contributed by atoms with E-state index in [1.807, 2.05) is 30.3 Å². The summed E-state index contributed by atoms with van der Waals surface area (Å²) in [5, 5.41) is 0. The first-order chi connectivity index (χ1) is 12.6. The van der Waals surface area contributed by atoms with E-state index in [4.69, 9.17) is 4.74 Å². The van der Waals surface area contributed by atoms with Gasteiger partial charge in [-0.1, -0.05) is 36.4 Å². The van der Waals surface area contributed by atoms with Crippen molar-refractivity contribution >= 4 is 17.5 Å². The molecule has 0 unspecified atom stereocenters. The van der Waals surface area contributed by atoms with Crippen LogP contribution in [0.2, 0.25) is 0 Å². The average molecular weight is 354 g/mol. The van der Waals surface area contributed by atoms with Gasteiger partial charge in [-0.3, -0.25) is 9.59 Å². The topological polar surface area (TPSA) is 49.9 Å². The third kappa shape index (κ3) is 3.08. The Labute approximate surface area is 151 Å². The standard InChI is InChI=1S/C20H19FN2O3/c21-16-9-5-4-6-14(16)10-19(24)22-11-17-18(12-22)26-13-20(25)23(17)15-7-2-1-3-8-15/h1-9,17-18H,10-13H2/t17-,18-/m0/s1. The number of carbonyl (C=O) groups is 2. The fraction of sp³-hybridized carbons (Fsp3) is 0.300. The molecule has 2 aromatic carbocycles. The second-order valence-electron chi connectivity index (χ2n) is 6.58. The molecule has 4 rings (SSSR count). The Kier molecular flexibility index (Phi) is 4.42. The van der Waals surface area contributed by atoms with Crippen LogP contribution in [0.3, 0.4) is 0 Å². The van der Waals surface area contributed by atoms with Crippen molar-refractivity contribution in [3.05, 3.63) is 66.0 Å². The highest BCUT2D eigenvalue weighted by molar-refractivity contribution is 5.96. The van der Waals surface area contributed by atoms with Crippen LogP contribution in [0.25, 0.3) is 0 Å². The molecule has 0 bridgehead atoms. The van der Waals surface area contributed by atoms with Crippen LogP contribution in [-0.4, -0.2) is 48.6 Å². The van der Waals surface area contributed by atoms with E-state index in [0.29, 0.717) is 18.7 Å². The Hall–Kier alpha value is -2.73. The Morgan fingerprint density at radius 1 is 1.08 bits per heavy atom. The molecule has 134 valence electrons. The first kappa shape index (κ1) is 16.7. The number of para-hydroxylation sites is 1. The number of likely N-dealkylation sites (tertiary alicyclic amines) is 1. The van der Waals surface area contributed by atoms with E-state index in [1.54, 1.807) is 28.0 Å². The van der Waals surface area contributed by atoms with Crippen LogP contribution in [-0.2, 0) is 20.7 Å². The molecule has 0 aliphatic carbocycles. The number of hydrogen-bond acceptors (Lipinski definition) is 3. The number of amides is 2. The maximum Gasteiger partial charge on any atom is 0.253 e. The molecule has 2 atom stereocenters. The largest absolute Gasteiger partial charge is 0.364 e. The number of fused-ring (bicyclic) bond motifs is 1. The Balaban J connectivity index is 1.51.